The number of benzene rings is 1. The van der Waals surface area contributed by atoms with Crippen LogP contribution in [0.15, 0.2) is 24.3 Å². The van der Waals surface area contributed by atoms with Crippen molar-refractivity contribution in [2.24, 2.45) is 0 Å². The zero-order valence-corrected chi connectivity index (χ0v) is 15.2. The standard InChI is InChI=1S/C19H29N3O3/c1-22(2)18(23)12-13-20-19(24)21-14-15-8-10-17(11-9-15)25-16-6-4-3-5-7-16/h8-11,16H,3-7,12-14H2,1-2H3,(H2,20,21,24). The minimum atomic E-state index is -0.269. The molecule has 138 valence electrons. The summed E-state index contributed by atoms with van der Waals surface area (Å²) in [4.78, 5) is 24.7. The Morgan fingerprint density at radius 3 is 2.40 bits per heavy atom. The number of hydrogen-bond donors (Lipinski definition) is 2. The topological polar surface area (TPSA) is 70.7 Å². The lowest BCUT2D eigenvalue weighted by Gasteiger charge is -2.23. The summed E-state index contributed by atoms with van der Waals surface area (Å²) >= 11 is 0. The largest absolute Gasteiger partial charge is 0.490 e. The van der Waals surface area contributed by atoms with Gasteiger partial charge < -0.3 is 20.3 Å². The number of hydrogen-bond acceptors (Lipinski definition) is 3. The average Bonchev–Trinajstić information content (AvgIpc) is 2.62. The van der Waals surface area contributed by atoms with Crippen LogP contribution in [-0.4, -0.2) is 43.6 Å². The number of nitrogens with one attached hydrogen (secondary N) is 2. The minimum Gasteiger partial charge on any atom is -0.490 e. The molecule has 0 bridgehead atoms. The molecule has 0 radical (unpaired) electrons. The molecule has 1 fully saturated rings. The van der Waals surface area contributed by atoms with E-state index in [0.29, 0.717) is 25.6 Å². The third-order valence-electron chi connectivity index (χ3n) is 4.35. The van der Waals surface area contributed by atoms with E-state index >= 15 is 0 Å². The van der Waals surface area contributed by atoms with Gasteiger partial charge in [-0.25, -0.2) is 4.79 Å². The third kappa shape index (κ3) is 7.03. The van der Waals surface area contributed by atoms with Crippen LogP contribution in [0.4, 0.5) is 4.79 Å². The van der Waals surface area contributed by atoms with E-state index in [2.05, 4.69) is 10.6 Å². The first-order valence-corrected chi connectivity index (χ1v) is 9.02. The molecule has 0 aliphatic heterocycles. The molecular weight excluding hydrogens is 318 g/mol. The Morgan fingerprint density at radius 2 is 1.76 bits per heavy atom. The molecule has 0 heterocycles. The fraction of sp³-hybridized carbons (Fsp3) is 0.579. The van der Waals surface area contributed by atoms with E-state index in [1.807, 2.05) is 24.3 Å². The molecule has 0 atom stereocenters. The van der Waals surface area contributed by atoms with Crippen LogP contribution < -0.4 is 15.4 Å². The summed E-state index contributed by atoms with van der Waals surface area (Å²) in [5, 5.41) is 5.47. The maximum atomic E-state index is 11.7. The van der Waals surface area contributed by atoms with E-state index in [4.69, 9.17) is 4.74 Å². The van der Waals surface area contributed by atoms with Crippen LogP contribution in [0.25, 0.3) is 0 Å². The van der Waals surface area contributed by atoms with Gasteiger partial charge in [-0.1, -0.05) is 18.6 Å². The lowest BCUT2D eigenvalue weighted by Crippen LogP contribution is -2.37. The van der Waals surface area contributed by atoms with Gasteiger partial charge in [0.15, 0.2) is 0 Å². The van der Waals surface area contributed by atoms with Gasteiger partial charge in [-0.3, -0.25) is 4.79 Å². The van der Waals surface area contributed by atoms with Gasteiger partial charge in [0, 0.05) is 33.6 Å². The summed E-state index contributed by atoms with van der Waals surface area (Å²) in [5.74, 6) is 0.885. The lowest BCUT2D eigenvalue weighted by molar-refractivity contribution is -0.128. The van der Waals surface area contributed by atoms with Gasteiger partial charge >= 0.3 is 6.03 Å². The molecule has 1 saturated carbocycles. The van der Waals surface area contributed by atoms with Crippen LogP contribution in [0.2, 0.25) is 0 Å². The summed E-state index contributed by atoms with van der Waals surface area (Å²) < 4.78 is 6.00. The van der Waals surface area contributed by atoms with Crippen LogP contribution in [-0.2, 0) is 11.3 Å². The predicted molar refractivity (Wildman–Crippen MR) is 97.5 cm³/mol. The van der Waals surface area contributed by atoms with Crippen molar-refractivity contribution in [2.45, 2.75) is 51.2 Å². The van der Waals surface area contributed by atoms with Crippen molar-refractivity contribution in [1.82, 2.24) is 15.5 Å². The van der Waals surface area contributed by atoms with Gasteiger partial charge in [-0.2, -0.15) is 0 Å². The Morgan fingerprint density at radius 1 is 1.08 bits per heavy atom. The van der Waals surface area contributed by atoms with E-state index < -0.39 is 0 Å². The summed E-state index contributed by atoms with van der Waals surface area (Å²) in [6.07, 6.45) is 6.74. The third-order valence-corrected chi connectivity index (χ3v) is 4.35. The molecule has 2 N–H and O–H groups in total. The number of carbonyl (C=O) groups excluding carboxylic acids is 2. The molecule has 25 heavy (non-hydrogen) atoms. The molecule has 6 nitrogen and oxygen atoms in total. The SMILES string of the molecule is CN(C)C(=O)CCNC(=O)NCc1ccc(OC2CCCCC2)cc1. The summed E-state index contributed by atoms with van der Waals surface area (Å²) in [5.41, 5.74) is 1.01. The molecule has 3 amide bonds. The molecular formula is C19H29N3O3. The van der Waals surface area contributed by atoms with Crippen molar-refractivity contribution >= 4 is 11.9 Å². The van der Waals surface area contributed by atoms with Crippen LogP contribution in [0.3, 0.4) is 0 Å². The second kappa shape index (κ2) is 9.91. The summed E-state index contributed by atoms with van der Waals surface area (Å²) in [6.45, 7) is 0.772. The zero-order valence-electron chi connectivity index (χ0n) is 15.2. The molecule has 6 heteroatoms. The van der Waals surface area contributed by atoms with Gasteiger partial charge in [0.1, 0.15) is 5.75 Å². The molecule has 0 aromatic heterocycles. The van der Waals surface area contributed by atoms with Gasteiger partial charge in [0.2, 0.25) is 5.91 Å². The molecule has 0 spiro atoms. The van der Waals surface area contributed by atoms with E-state index in [-0.39, 0.29) is 11.9 Å². The summed E-state index contributed by atoms with van der Waals surface area (Å²) in [6, 6.07) is 7.58. The molecule has 1 aromatic rings. The van der Waals surface area contributed by atoms with Gasteiger partial charge in [0.05, 0.1) is 6.10 Å². The van der Waals surface area contributed by atoms with Crippen LogP contribution in [0, 0.1) is 0 Å². The number of nitrogens with zero attached hydrogens (tertiary/aromatic N) is 1. The maximum Gasteiger partial charge on any atom is 0.315 e. The van der Waals surface area contributed by atoms with Gasteiger partial charge in [-0.15, -0.1) is 0 Å². The van der Waals surface area contributed by atoms with Crippen molar-refractivity contribution < 1.29 is 14.3 Å². The Hall–Kier alpha value is -2.24. The first-order valence-electron chi connectivity index (χ1n) is 9.02. The molecule has 1 aliphatic rings. The normalized spacial score (nSPS) is 14.6. The second-order valence-corrected chi connectivity index (χ2v) is 6.67. The highest BCUT2D eigenvalue weighted by Gasteiger charge is 2.14. The van der Waals surface area contributed by atoms with Crippen molar-refractivity contribution in [1.29, 1.82) is 0 Å². The van der Waals surface area contributed by atoms with Crippen molar-refractivity contribution in [2.75, 3.05) is 20.6 Å². The molecule has 0 saturated heterocycles. The minimum absolute atomic E-state index is 0.00569. The number of rotatable bonds is 7. The quantitative estimate of drug-likeness (QED) is 0.797. The van der Waals surface area contributed by atoms with E-state index in [1.54, 1.807) is 14.1 Å². The van der Waals surface area contributed by atoms with Gasteiger partial charge in [0.25, 0.3) is 0 Å². The van der Waals surface area contributed by atoms with E-state index in [0.717, 1.165) is 24.2 Å². The van der Waals surface area contributed by atoms with Gasteiger partial charge in [-0.05, 0) is 43.4 Å². The first-order chi connectivity index (χ1) is 12.0. The number of amides is 3. The monoisotopic (exact) mass is 347 g/mol. The Balaban J connectivity index is 1.66. The molecule has 1 aromatic carbocycles. The van der Waals surface area contributed by atoms with Crippen LogP contribution >= 0.6 is 0 Å². The van der Waals surface area contributed by atoms with Crippen LogP contribution in [0.5, 0.6) is 5.75 Å². The maximum absolute atomic E-state index is 11.7. The highest BCUT2D eigenvalue weighted by Crippen LogP contribution is 2.23. The number of urea groups is 1. The van der Waals surface area contributed by atoms with Crippen molar-refractivity contribution in [3.05, 3.63) is 29.8 Å². The first kappa shape index (κ1) is 19.1. The van der Waals surface area contributed by atoms with Crippen molar-refractivity contribution in [3.8, 4) is 5.75 Å². The highest BCUT2D eigenvalue weighted by atomic mass is 16.5. The van der Waals surface area contributed by atoms with E-state index in [9.17, 15) is 9.59 Å². The molecule has 0 unspecified atom stereocenters. The predicted octanol–water partition coefficient (Wildman–Crippen LogP) is 2.68. The summed E-state index contributed by atoms with van der Waals surface area (Å²) in [7, 11) is 3.40. The smallest absolute Gasteiger partial charge is 0.315 e. The zero-order chi connectivity index (χ0) is 18.1. The fourth-order valence-electron chi connectivity index (χ4n) is 2.81. The lowest BCUT2D eigenvalue weighted by atomic mass is 9.98. The number of carbonyl (C=O) groups is 2. The Labute approximate surface area is 149 Å². The Bertz CT molecular complexity index is 552. The molecule has 1 aliphatic carbocycles. The van der Waals surface area contributed by atoms with Crippen molar-refractivity contribution in [3.63, 3.8) is 0 Å². The highest BCUT2D eigenvalue weighted by molar-refractivity contribution is 5.77. The van der Waals surface area contributed by atoms with E-state index in [1.165, 1.54) is 24.2 Å². The van der Waals surface area contributed by atoms with Crippen LogP contribution in [0.1, 0.15) is 44.1 Å². The number of ether oxygens (including phenoxy) is 1. The molecule has 2 rings (SSSR count). The Kier molecular flexibility index (Phi) is 7.57. The second-order valence-electron chi connectivity index (χ2n) is 6.67. The fourth-order valence-corrected chi connectivity index (χ4v) is 2.81. The average molecular weight is 347 g/mol.